The summed E-state index contributed by atoms with van der Waals surface area (Å²) in [4.78, 5) is 12.8. The summed E-state index contributed by atoms with van der Waals surface area (Å²) in [7, 11) is 1.52. The molecule has 1 fully saturated rings. The number of fused-ring (bicyclic) bond motifs is 1. The number of nitrogens with one attached hydrogen (secondary N) is 1. The number of carbonyl (C=O) groups is 1. The standard InChI is InChI=1S/C35H49NO7/c1-20-16-26(37)21(2)25-17-28(42-23(4)33(20)25)22(3)27(38)18-31-35(5,6)30(39)19-29(43-31)34(41-7)36-32(40)15-11-14-24-12-9-8-10-13-24/h8-10,12-13,16,22,27-31,34,37-39H,4,11,14-15,17-19H2,1-3,5-7H3,(H,36,40)/t22-,27+,28-,29-,30-,31?,34-/m1/s1. The molecule has 2 aromatic rings. The Morgan fingerprint density at radius 2 is 1.91 bits per heavy atom. The first-order chi connectivity index (χ1) is 20.3. The van der Waals surface area contributed by atoms with Crippen molar-refractivity contribution in [2.75, 3.05) is 7.11 Å². The fourth-order valence-corrected chi connectivity index (χ4v) is 6.44. The molecule has 236 valence electrons. The number of hydrogen-bond donors (Lipinski definition) is 4. The zero-order valence-electron chi connectivity index (χ0n) is 26.4. The normalized spacial score (nSPS) is 25.3. The Kier molecular flexibility index (Phi) is 10.6. The molecule has 0 saturated carbocycles. The molecule has 8 heteroatoms. The van der Waals surface area contributed by atoms with Gasteiger partial charge in [-0.15, -0.1) is 0 Å². The highest BCUT2D eigenvalue weighted by Gasteiger charge is 2.48. The fraction of sp³-hybridized carbons (Fsp3) is 0.571. The van der Waals surface area contributed by atoms with Crippen LogP contribution in [0.1, 0.15) is 74.3 Å². The van der Waals surface area contributed by atoms with Gasteiger partial charge in [-0.25, -0.2) is 0 Å². The van der Waals surface area contributed by atoms with Gasteiger partial charge in [0, 0.05) is 49.7 Å². The molecule has 0 radical (unpaired) electrons. The predicted octanol–water partition coefficient (Wildman–Crippen LogP) is 4.96. The summed E-state index contributed by atoms with van der Waals surface area (Å²) in [6.45, 7) is 13.8. The van der Waals surface area contributed by atoms with Crippen LogP contribution in [0, 0.1) is 25.2 Å². The van der Waals surface area contributed by atoms with E-state index in [0.717, 1.165) is 28.7 Å². The summed E-state index contributed by atoms with van der Waals surface area (Å²) >= 11 is 0. The van der Waals surface area contributed by atoms with Crippen molar-refractivity contribution >= 4 is 11.7 Å². The Hall–Kier alpha value is -2.91. The van der Waals surface area contributed by atoms with E-state index in [4.69, 9.17) is 14.2 Å². The number of amides is 1. The number of ether oxygens (including phenoxy) is 3. The van der Waals surface area contributed by atoms with E-state index in [9.17, 15) is 20.1 Å². The fourth-order valence-electron chi connectivity index (χ4n) is 6.44. The lowest BCUT2D eigenvalue weighted by Gasteiger charge is -2.48. The van der Waals surface area contributed by atoms with Crippen LogP contribution >= 0.6 is 0 Å². The third-order valence-electron chi connectivity index (χ3n) is 9.60. The third-order valence-corrected chi connectivity index (χ3v) is 9.60. The number of hydrogen-bond acceptors (Lipinski definition) is 7. The van der Waals surface area contributed by atoms with Crippen LogP contribution in [0.4, 0.5) is 0 Å². The maximum absolute atomic E-state index is 12.8. The minimum absolute atomic E-state index is 0.137. The first-order valence-corrected chi connectivity index (χ1v) is 15.4. The first-order valence-electron chi connectivity index (χ1n) is 15.4. The molecule has 0 aliphatic carbocycles. The molecule has 2 aliphatic rings. The second-order valence-electron chi connectivity index (χ2n) is 12.9. The van der Waals surface area contributed by atoms with Gasteiger partial charge in [-0.2, -0.15) is 0 Å². The van der Waals surface area contributed by atoms with Gasteiger partial charge in [0.05, 0.1) is 18.3 Å². The van der Waals surface area contributed by atoms with E-state index in [-0.39, 0.29) is 30.1 Å². The molecular formula is C35H49NO7. The van der Waals surface area contributed by atoms with Crippen molar-refractivity contribution in [3.8, 4) is 5.75 Å². The largest absolute Gasteiger partial charge is 0.508 e. The number of benzene rings is 2. The summed E-state index contributed by atoms with van der Waals surface area (Å²) in [5, 5.41) is 36.0. The number of phenolic OH excluding ortho intramolecular Hbond substituents is 1. The minimum Gasteiger partial charge on any atom is -0.508 e. The van der Waals surface area contributed by atoms with Crippen LogP contribution < -0.4 is 5.32 Å². The highest BCUT2D eigenvalue weighted by Crippen LogP contribution is 2.42. The maximum Gasteiger partial charge on any atom is 0.222 e. The molecule has 7 atom stereocenters. The average molecular weight is 596 g/mol. The summed E-state index contributed by atoms with van der Waals surface area (Å²) in [6, 6.07) is 11.8. The number of aromatic hydroxyl groups is 1. The Bertz CT molecular complexity index is 1280. The lowest BCUT2D eigenvalue weighted by molar-refractivity contribution is -0.216. The van der Waals surface area contributed by atoms with Gasteiger partial charge in [-0.1, -0.05) is 57.7 Å². The monoisotopic (exact) mass is 595 g/mol. The van der Waals surface area contributed by atoms with E-state index in [1.165, 1.54) is 12.7 Å². The number of aryl methyl sites for hydroxylation is 2. The van der Waals surface area contributed by atoms with Gasteiger partial charge in [-0.3, -0.25) is 4.79 Å². The van der Waals surface area contributed by atoms with Crippen molar-refractivity contribution in [2.45, 2.75) is 110 Å². The van der Waals surface area contributed by atoms with Gasteiger partial charge in [0.25, 0.3) is 0 Å². The zero-order chi connectivity index (χ0) is 31.5. The molecule has 43 heavy (non-hydrogen) atoms. The quantitative estimate of drug-likeness (QED) is 0.271. The Balaban J connectivity index is 1.39. The van der Waals surface area contributed by atoms with E-state index < -0.39 is 36.1 Å². The van der Waals surface area contributed by atoms with E-state index in [1.807, 2.05) is 65.0 Å². The van der Waals surface area contributed by atoms with Gasteiger partial charge >= 0.3 is 0 Å². The lowest BCUT2D eigenvalue weighted by atomic mass is 9.73. The molecule has 4 N–H and O–H groups in total. The minimum atomic E-state index is -0.804. The van der Waals surface area contributed by atoms with Crippen LogP contribution in [0.3, 0.4) is 0 Å². The molecule has 2 aliphatic heterocycles. The smallest absolute Gasteiger partial charge is 0.222 e. The summed E-state index contributed by atoms with van der Waals surface area (Å²) in [5.41, 5.74) is 4.16. The molecule has 0 aromatic heterocycles. The van der Waals surface area contributed by atoms with Crippen LogP contribution in [-0.2, 0) is 31.8 Å². The van der Waals surface area contributed by atoms with Crippen LogP contribution in [-0.4, -0.2) is 65.1 Å². The van der Waals surface area contributed by atoms with E-state index in [1.54, 1.807) is 6.07 Å². The number of aliphatic hydroxyl groups excluding tert-OH is 2. The zero-order valence-corrected chi connectivity index (χ0v) is 26.4. The second kappa shape index (κ2) is 13.8. The molecule has 1 saturated heterocycles. The van der Waals surface area contributed by atoms with Gasteiger partial charge < -0.3 is 34.8 Å². The second-order valence-corrected chi connectivity index (χ2v) is 12.9. The molecule has 2 heterocycles. The number of aliphatic hydroxyl groups is 2. The van der Waals surface area contributed by atoms with Crippen molar-refractivity contribution in [3.63, 3.8) is 0 Å². The summed E-state index contributed by atoms with van der Waals surface area (Å²) in [6.07, 6.45) is -0.723. The van der Waals surface area contributed by atoms with Crippen molar-refractivity contribution in [1.29, 1.82) is 0 Å². The third kappa shape index (κ3) is 7.43. The van der Waals surface area contributed by atoms with Crippen molar-refractivity contribution < 1.29 is 34.3 Å². The maximum atomic E-state index is 12.8. The Morgan fingerprint density at radius 3 is 2.58 bits per heavy atom. The van der Waals surface area contributed by atoms with E-state index >= 15 is 0 Å². The van der Waals surface area contributed by atoms with Gasteiger partial charge in [0.1, 0.15) is 23.7 Å². The van der Waals surface area contributed by atoms with Crippen molar-refractivity contribution in [2.24, 2.45) is 11.3 Å². The predicted molar refractivity (Wildman–Crippen MR) is 166 cm³/mol. The molecule has 8 nitrogen and oxygen atoms in total. The Labute approximate surface area is 256 Å². The molecule has 4 rings (SSSR count). The van der Waals surface area contributed by atoms with Crippen molar-refractivity contribution in [3.05, 3.63) is 70.8 Å². The Morgan fingerprint density at radius 1 is 1.21 bits per heavy atom. The summed E-state index contributed by atoms with van der Waals surface area (Å²) < 4.78 is 18.3. The first kappa shape index (κ1) is 33.0. The highest BCUT2D eigenvalue weighted by atomic mass is 16.6. The lowest BCUT2D eigenvalue weighted by Crippen LogP contribution is -2.58. The number of rotatable bonds is 11. The molecular weight excluding hydrogens is 546 g/mol. The van der Waals surface area contributed by atoms with E-state index in [2.05, 4.69) is 11.9 Å². The summed E-state index contributed by atoms with van der Waals surface area (Å²) in [5.74, 6) is 0.359. The van der Waals surface area contributed by atoms with Gasteiger partial charge in [-0.05, 0) is 55.0 Å². The molecule has 1 unspecified atom stereocenters. The van der Waals surface area contributed by atoms with Gasteiger partial charge in [0.2, 0.25) is 5.91 Å². The van der Waals surface area contributed by atoms with Crippen LogP contribution in [0.5, 0.6) is 5.75 Å². The number of methoxy groups -OCH3 is 1. The number of phenols is 1. The molecule has 2 aromatic carbocycles. The molecule has 1 amide bonds. The van der Waals surface area contributed by atoms with Crippen LogP contribution in [0.15, 0.2) is 43.0 Å². The van der Waals surface area contributed by atoms with Crippen LogP contribution in [0.25, 0.3) is 5.76 Å². The topological polar surface area (TPSA) is 117 Å². The van der Waals surface area contributed by atoms with E-state index in [0.29, 0.717) is 31.4 Å². The highest BCUT2D eigenvalue weighted by molar-refractivity contribution is 5.76. The van der Waals surface area contributed by atoms with Gasteiger partial charge in [0.15, 0.2) is 6.23 Å². The van der Waals surface area contributed by atoms with Crippen LogP contribution in [0.2, 0.25) is 0 Å². The SMILES string of the molecule is C=C1O[C@@H]([C@H](C)[C@@H](O)CC2O[C@@H]([C@H](NC(=O)CCCc3ccccc3)OC)C[C@@H](O)C2(C)C)Cc2c(C)c(O)cc(C)c21. The average Bonchev–Trinajstić information content (AvgIpc) is 2.96. The van der Waals surface area contributed by atoms with Crippen molar-refractivity contribution in [1.82, 2.24) is 5.32 Å². The molecule has 0 spiro atoms. The molecule has 0 bridgehead atoms. The number of carbonyl (C=O) groups excluding carboxylic acids is 1.